The van der Waals surface area contributed by atoms with Gasteiger partial charge in [0.25, 0.3) is 0 Å². The first-order chi connectivity index (χ1) is 7.13. The van der Waals surface area contributed by atoms with Gasteiger partial charge in [-0.2, -0.15) is 0 Å². The van der Waals surface area contributed by atoms with Crippen molar-refractivity contribution in [2.24, 2.45) is 0 Å². The third-order valence-corrected chi connectivity index (χ3v) is 2.12. The summed E-state index contributed by atoms with van der Waals surface area (Å²) < 4.78 is 5.33. The minimum atomic E-state index is -0.436. The zero-order chi connectivity index (χ0) is 11.3. The predicted octanol–water partition coefficient (Wildman–Crippen LogP) is 1.75. The molecule has 15 heavy (non-hydrogen) atoms. The van der Waals surface area contributed by atoms with Crippen molar-refractivity contribution in [2.75, 3.05) is 6.61 Å². The maximum absolute atomic E-state index is 9.32. The average Bonchev–Trinajstić information content (AvgIpc) is 2.26. The van der Waals surface area contributed by atoms with Gasteiger partial charge in [0, 0.05) is 6.20 Å². The van der Waals surface area contributed by atoms with Crippen molar-refractivity contribution in [1.29, 1.82) is 0 Å². The van der Waals surface area contributed by atoms with Gasteiger partial charge < -0.3 is 9.84 Å². The molecule has 0 aliphatic carbocycles. The van der Waals surface area contributed by atoms with Crippen molar-refractivity contribution < 1.29 is 9.84 Å². The molecule has 4 heteroatoms. The number of aliphatic hydroxyl groups is 1. The molecule has 0 aliphatic heterocycles. The molecule has 0 spiro atoms. The van der Waals surface area contributed by atoms with Crippen molar-refractivity contribution in [3.63, 3.8) is 0 Å². The van der Waals surface area contributed by atoms with E-state index in [1.165, 1.54) is 0 Å². The molecule has 1 aromatic rings. The van der Waals surface area contributed by atoms with Gasteiger partial charge in [0.1, 0.15) is 6.61 Å². The molecule has 4 nitrogen and oxygen atoms in total. The lowest BCUT2D eigenvalue weighted by molar-refractivity contribution is 0.101. The highest BCUT2D eigenvalue weighted by atomic mass is 16.5. The van der Waals surface area contributed by atoms with Gasteiger partial charge in [-0.15, -0.1) is 0 Å². The number of aliphatic hydroxyl groups excluding tert-OH is 1. The monoisotopic (exact) mass is 210 g/mol. The van der Waals surface area contributed by atoms with Crippen LogP contribution in [0.3, 0.4) is 0 Å². The van der Waals surface area contributed by atoms with Crippen molar-refractivity contribution in [2.45, 2.75) is 39.2 Å². The molecule has 0 aromatic carbocycles. The lowest BCUT2D eigenvalue weighted by Crippen LogP contribution is -2.16. The Morgan fingerprint density at radius 1 is 1.40 bits per heavy atom. The summed E-state index contributed by atoms with van der Waals surface area (Å²) in [5.74, 6) is 0.811. The van der Waals surface area contributed by atoms with Crippen LogP contribution >= 0.6 is 0 Å². The highest BCUT2D eigenvalue weighted by molar-refractivity contribution is 5.10. The average molecular weight is 210 g/mol. The third kappa shape index (κ3) is 3.83. The molecule has 0 fully saturated rings. The van der Waals surface area contributed by atoms with E-state index < -0.39 is 6.10 Å². The van der Waals surface area contributed by atoms with E-state index >= 15 is 0 Å². The van der Waals surface area contributed by atoms with Gasteiger partial charge in [0.05, 0.1) is 18.0 Å². The van der Waals surface area contributed by atoms with Gasteiger partial charge in [-0.25, -0.2) is 4.98 Å². The Balaban J connectivity index is 2.58. The molecule has 1 aromatic heterocycles. The number of hydrogen-bond acceptors (Lipinski definition) is 4. The topological polar surface area (TPSA) is 55.2 Å². The largest absolute Gasteiger partial charge is 0.474 e. The van der Waals surface area contributed by atoms with Crippen LogP contribution in [-0.2, 0) is 0 Å². The maximum atomic E-state index is 9.32. The van der Waals surface area contributed by atoms with Crippen molar-refractivity contribution in [3.05, 3.63) is 18.1 Å². The Labute approximate surface area is 90.3 Å². The Kier molecular flexibility index (Phi) is 4.49. The molecule has 0 aliphatic rings. The molecule has 1 heterocycles. The molecule has 84 valence electrons. The summed E-state index contributed by atoms with van der Waals surface area (Å²) in [6, 6.07) is 0. The van der Waals surface area contributed by atoms with Crippen LogP contribution in [-0.4, -0.2) is 27.8 Å². The maximum Gasteiger partial charge on any atom is 0.232 e. The molecule has 1 rings (SSSR count). The van der Waals surface area contributed by atoms with Crippen LogP contribution in [0.4, 0.5) is 0 Å². The number of nitrogens with zero attached hydrogens (tertiary/aromatic N) is 2. The highest BCUT2D eigenvalue weighted by Gasteiger charge is 2.06. The van der Waals surface area contributed by atoms with E-state index in [0.717, 1.165) is 5.69 Å². The SMILES string of the molecule is CC[C@@H](O)COc1cncc(C(C)C)n1. The fraction of sp³-hybridized carbons (Fsp3) is 0.636. The summed E-state index contributed by atoms with van der Waals surface area (Å²) in [6.45, 7) is 6.28. The van der Waals surface area contributed by atoms with Crippen molar-refractivity contribution in [1.82, 2.24) is 9.97 Å². The standard InChI is InChI=1S/C11H18N2O2/c1-4-9(14)7-15-11-6-12-5-10(13-11)8(2)3/h5-6,8-9,14H,4,7H2,1-3H3/t9-/m1/s1. The van der Waals surface area contributed by atoms with Gasteiger partial charge >= 0.3 is 0 Å². The van der Waals surface area contributed by atoms with Crippen LogP contribution < -0.4 is 4.74 Å². The quantitative estimate of drug-likeness (QED) is 0.804. The Morgan fingerprint density at radius 2 is 2.13 bits per heavy atom. The number of ether oxygens (including phenoxy) is 1. The summed E-state index contributed by atoms with van der Waals surface area (Å²) in [5, 5.41) is 9.32. The minimum absolute atomic E-state index is 0.271. The number of rotatable bonds is 5. The van der Waals surface area contributed by atoms with Gasteiger partial charge in [0.2, 0.25) is 5.88 Å². The van der Waals surface area contributed by atoms with Crippen molar-refractivity contribution >= 4 is 0 Å². The van der Waals surface area contributed by atoms with Crippen LogP contribution in [0, 0.1) is 0 Å². The molecule has 0 amide bonds. The smallest absolute Gasteiger partial charge is 0.232 e. The molecular weight excluding hydrogens is 192 g/mol. The third-order valence-electron chi connectivity index (χ3n) is 2.12. The Morgan fingerprint density at radius 3 is 2.73 bits per heavy atom. The summed E-state index contributed by atoms with van der Waals surface area (Å²) in [4.78, 5) is 8.32. The summed E-state index contributed by atoms with van der Waals surface area (Å²) in [7, 11) is 0. The Hall–Kier alpha value is -1.16. The van der Waals surface area contributed by atoms with E-state index in [2.05, 4.69) is 23.8 Å². The molecule has 0 bridgehead atoms. The minimum Gasteiger partial charge on any atom is -0.474 e. The summed E-state index contributed by atoms with van der Waals surface area (Å²) in [6.07, 6.45) is 3.54. The Bertz CT molecular complexity index is 302. The van der Waals surface area contributed by atoms with Crippen LogP contribution in [0.1, 0.15) is 38.8 Å². The zero-order valence-corrected chi connectivity index (χ0v) is 9.47. The summed E-state index contributed by atoms with van der Waals surface area (Å²) in [5.41, 5.74) is 0.901. The molecule has 0 unspecified atom stereocenters. The second-order valence-corrected chi connectivity index (χ2v) is 3.81. The lowest BCUT2D eigenvalue weighted by Gasteiger charge is -2.10. The van der Waals surface area contributed by atoms with Gasteiger partial charge in [-0.3, -0.25) is 4.98 Å². The second-order valence-electron chi connectivity index (χ2n) is 3.81. The molecule has 0 saturated carbocycles. The van der Waals surface area contributed by atoms with Gasteiger partial charge in [-0.05, 0) is 12.3 Å². The molecule has 0 saturated heterocycles. The highest BCUT2D eigenvalue weighted by Crippen LogP contribution is 2.13. The van der Waals surface area contributed by atoms with Crippen LogP contribution in [0.2, 0.25) is 0 Å². The first-order valence-electron chi connectivity index (χ1n) is 5.26. The van der Waals surface area contributed by atoms with E-state index in [1.54, 1.807) is 12.4 Å². The first-order valence-corrected chi connectivity index (χ1v) is 5.26. The van der Waals surface area contributed by atoms with Gasteiger partial charge in [0.15, 0.2) is 0 Å². The van der Waals surface area contributed by atoms with E-state index in [4.69, 9.17) is 4.74 Å². The fourth-order valence-corrected chi connectivity index (χ4v) is 1.01. The van der Waals surface area contributed by atoms with E-state index in [9.17, 15) is 5.11 Å². The summed E-state index contributed by atoms with van der Waals surface area (Å²) >= 11 is 0. The van der Waals surface area contributed by atoms with E-state index in [0.29, 0.717) is 18.2 Å². The zero-order valence-electron chi connectivity index (χ0n) is 9.47. The second kappa shape index (κ2) is 5.66. The first kappa shape index (κ1) is 11.9. The molecule has 1 N–H and O–H groups in total. The predicted molar refractivity (Wildman–Crippen MR) is 57.9 cm³/mol. The molecular formula is C11H18N2O2. The van der Waals surface area contributed by atoms with Crippen LogP contribution in [0.5, 0.6) is 5.88 Å². The number of hydrogen-bond donors (Lipinski definition) is 1. The van der Waals surface area contributed by atoms with E-state index in [-0.39, 0.29) is 6.61 Å². The normalized spacial score (nSPS) is 12.9. The van der Waals surface area contributed by atoms with Crippen LogP contribution in [0.25, 0.3) is 0 Å². The van der Waals surface area contributed by atoms with Crippen LogP contribution in [0.15, 0.2) is 12.4 Å². The fourth-order valence-electron chi connectivity index (χ4n) is 1.01. The van der Waals surface area contributed by atoms with E-state index in [1.807, 2.05) is 6.92 Å². The number of aromatic nitrogens is 2. The molecule has 0 radical (unpaired) electrons. The lowest BCUT2D eigenvalue weighted by atomic mass is 10.1. The van der Waals surface area contributed by atoms with Gasteiger partial charge in [-0.1, -0.05) is 20.8 Å². The van der Waals surface area contributed by atoms with Crippen molar-refractivity contribution in [3.8, 4) is 5.88 Å². The molecule has 1 atom stereocenters.